The van der Waals surface area contributed by atoms with Gasteiger partial charge in [-0.25, -0.2) is 4.39 Å². The number of benzene rings is 2. The third-order valence-electron chi connectivity index (χ3n) is 3.33. The van der Waals surface area contributed by atoms with Crippen molar-refractivity contribution in [3.8, 4) is 11.4 Å². The first kappa shape index (κ1) is 16.1. The lowest BCUT2D eigenvalue weighted by atomic mass is 10.2. The summed E-state index contributed by atoms with van der Waals surface area (Å²) in [6, 6.07) is 11.9. The number of nitrogens with one attached hydrogen (secondary N) is 1. The molecule has 0 aliphatic heterocycles. The molecule has 0 saturated heterocycles. The van der Waals surface area contributed by atoms with Crippen LogP contribution in [-0.2, 0) is 0 Å². The molecule has 0 aliphatic rings. The fourth-order valence-electron chi connectivity index (χ4n) is 2.13. The maximum Gasteiger partial charge on any atom is 0.252 e. The molecular formula is C17H13ClFN3O2. The van der Waals surface area contributed by atoms with E-state index < -0.39 is 17.8 Å². The van der Waals surface area contributed by atoms with Crippen molar-refractivity contribution in [2.75, 3.05) is 0 Å². The molecule has 1 heterocycles. The van der Waals surface area contributed by atoms with Crippen LogP contribution in [0.25, 0.3) is 11.4 Å². The van der Waals surface area contributed by atoms with Crippen LogP contribution in [0.5, 0.6) is 0 Å². The largest absolute Gasteiger partial charge is 0.341 e. The molecule has 0 saturated carbocycles. The van der Waals surface area contributed by atoms with Crippen LogP contribution < -0.4 is 5.32 Å². The molecule has 3 rings (SSSR count). The molecule has 0 fully saturated rings. The number of amides is 1. The van der Waals surface area contributed by atoms with Gasteiger partial charge in [0.2, 0.25) is 11.7 Å². The summed E-state index contributed by atoms with van der Waals surface area (Å²) in [4.78, 5) is 16.4. The minimum Gasteiger partial charge on any atom is -0.341 e. The Kier molecular flexibility index (Phi) is 4.57. The Labute approximate surface area is 142 Å². The summed E-state index contributed by atoms with van der Waals surface area (Å²) in [6.45, 7) is 1.70. The Bertz CT molecular complexity index is 882. The SMILES string of the molecule is C[C@H](NC(=O)c1cccc(F)c1)c1nc(-c2cccc(Cl)c2)no1. The molecular weight excluding hydrogens is 333 g/mol. The third kappa shape index (κ3) is 3.60. The summed E-state index contributed by atoms with van der Waals surface area (Å²) in [5.74, 6) is -0.282. The standard InChI is InChI=1S/C17H13ClFN3O2/c1-10(20-16(23)12-5-3-7-14(19)9-12)17-21-15(22-24-17)11-4-2-6-13(18)8-11/h2-10H,1H3,(H,20,23)/t10-/m0/s1. The van der Waals surface area contributed by atoms with Gasteiger partial charge in [0.05, 0.1) is 0 Å². The van der Waals surface area contributed by atoms with E-state index in [9.17, 15) is 9.18 Å². The van der Waals surface area contributed by atoms with Crippen LogP contribution in [0.15, 0.2) is 53.1 Å². The van der Waals surface area contributed by atoms with E-state index in [2.05, 4.69) is 15.5 Å². The Balaban J connectivity index is 1.74. The smallest absolute Gasteiger partial charge is 0.252 e. The summed E-state index contributed by atoms with van der Waals surface area (Å²) >= 11 is 5.94. The monoisotopic (exact) mass is 345 g/mol. The first-order chi connectivity index (χ1) is 11.5. The van der Waals surface area contributed by atoms with Gasteiger partial charge in [0.15, 0.2) is 0 Å². The lowest BCUT2D eigenvalue weighted by Crippen LogP contribution is -2.26. The lowest BCUT2D eigenvalue weighted by Gasteiger charge is -2.09. The summed E-state index contributed by atoms with van der Waals surface area (Å²) in [6.07, 6.45) is 0. The molecule has 5 nitrogen and oxygen atoms in total. The Hall–Kier alpha value is -2.73. The van der Waals surface area contributed by atoms with E-state index in [4.69, 9.17) is 16.1 Å². The fourth-order valence-corrected chi connectivity index (χ4v) is 2.32. The van der Waals surface area contributed by atoms with E-state index in [-0.39, 0.29) is 11.5 Å². The van der Waals surface area contributed by atoms with Crippen molar-refractivity contribution in [3.05, 3.63) is 70.8 Å². The van der Waals surface area contributed by atoms with Crippen molar-refractivity contribution in [3.63, 3.8) is 0 Å². The van der Waals surface area contributed by atoms with Crippen molar-refractivity contribution < 1.29 is 13.7 Å². The molecule has 1 atom stereocenters. The second-order valence-electron chi connectivity index (χ2n) is 5.17. The predicted octanol–water partition coefficient (Wildman–Crippen LogP) is 4.02. The molecule has 0 radical (unpaired) electrons. The van der Waals surface area contributed by atoms with Gasteiger partial charge in [-0.2, -0.15) is 4.98 Å². The van der Waals surface area contributed by atoms with Gasteiger partial charge in [-0.1, -0.05) is 35.0 Å². The van der Waals surface area contributed by atoms with Crippen molar-refractivity contribution in [2.45, 2.75) is 13.0 Å². The zero-order chi connectivity index (χ0) is 17.1. The van der Waals surface area contributed by atoms with Gasteiger partial charge in [0, 0.05) is 16.1 Å². The molecule has 24 heavy (non-hydrogen) atoms. The number of carbonyl (C=O) groups excluding carboxylic acids is 1. The van der Waals surface area contributed by atoms with E-state index in [1.807, 2.05) is 0 Å². The molecule has 1 aromatic heterocycles. The van der Waals surface area contributed by atoms with Crippen LogP contribution in [0.2, 0.25) is 5.02 Å². The average Bonchev–Trinajstić information content (AvgIpc) is 3.05. The van der Waals surface area contributed by atoms with Gasteiger partial charge in [0.25, 0.3) is 5.91 Å². The summed E-state index contributed by atoms with van der Waals surface area (Å²) in [7, 11) is 0. The van der Waals surface area contributed by atoms with Crippen molar-refractivity contribution >= 4 is 17.5 Å². The van der Waals surface area contributed by atoms with Crippen LogP contribution in [0.1, 0.15) is 29.2 Å². The van der Waals surface area contributed by atoms with E-state index in [1.165, 1.54) is 18.2 Å². The zero-order valence-electron chi connectivity index (χ0n) is 12.7. The first-order valence-electron chi connectivity index (χ1n) is 7.19. The van der Waals surface area contributed by atoms with E-state index >= 15 is 0 Å². The summed E-state index contributed by atoms with van der Waals surface area (Å²) in [5, 5.41) is 7.14. The second-order valence-corrected chi connectivity index (χ2v) is 5.61. The van der Waals surface area contributed by atoms with Crippen LogP contribution in [0.3, 0.4) is 0 Å². The molecule has 0 bridgehead atoms. The summed E-state index contributed by atoms with van der Waals surface area (Å²) < 4.78 is 18.4. The Morgan fingerprint density at radius 2 is 2.04 bits per heavy atom. The zero-order valence-corrected chi connectivity index (χ0v) is 13.4. The lowest BCUT2D eigenvalue weighted by molar-refractivity contribution is 0.0932. The highest BCUT2D eigenvalue weighted by Gasteiger charge is 2.18. The van der Waals surface area contributed by atoms with Gasteiger partial charge in [-0.15, -0.1) is 0 Å². The highest BCUT2D eigenvalue weighted by atomic mass is 35.5. The minimum atomic E-state index is -0.527. The number of hydrogen-bond acceptors (Lipinski definition) is 4. The topological polar surface area (TPSA) is 68.0 Å². The molecule has 0 spiro atoms. The van der Waals surface area contributed by atoms with Crippen LogP contribution in [0, 0.1) is 5.82 Å². The maximum atomic E-state index is 13.2. The van der Waals surface area contributed by atoms with Crippen molar-refractivity contribution in [2.24, 2.45) is 0 Å². The first-order valence-corrected chi connectivity index (χ1v) is 7.57. The third-order valence-corrected chi connectivity index (χ3v) is 3.56. The number of hydrogen-bond donors (Lipinski definition) is 1. The van der Waals surface area contributed by atoms with Crippen LogP contribution in [0.4, 0.5) is 4.39 Å². The quantitative estimate of drug-likeness (QED) is 0.775. The van der Waals surface area contributed by atoms with E-state index in [1.54, 1.807) is 31.2 Å². The molecule has 2 aromatic carbocycles. The molecule has 1 amide bonds. The van der Waals surface area contributed by atoms with Gasteiger partial charge < -0.3 is 9.84 Å². The van der Waals surface area contributed by atoms with Crippen molar-refractivity contribution in [1.82, 2.24) is 15.5 Å². The van der Waals surface area contributed by atoms with Gasteiger partial charge in [-0.3, -0.25) is 4.79 Å². The molecule has 7 heteroatoms. The highest BCUT2D eigenvalue weighted by Crippen LogP contribution is 2.21. The van der Waals surface area contributed by atoms with Gasteiger partial charge in [-0.05, 0) is 37.3 Å². The average molecular weight is 346 g/mol. The highest BCUT2D eigenvalue weighted by molar-refractivity contribution is 6.30. The number of carbonyl (C=O) groups is 1. The number of halogens is 2. The van der Waals surface area contributed by atoms with Gasteiger partial charge in [0.1, 0.15) is 11.9 Å². The van der Waals surface area contributed by atoms with Gasteiger partial charge >= 0.3 is 0 Å². The summed E-state index contributed by atoms with van der Waals surface area (Å²) in [5.41, 5.74) is 0.928. The maximum absolute atomic E-state index is 13.2. The molecule has 0 unspecified atom stereocenters. The number of nitrogens with zero attached hydrogens (tertiary/aromatic N) is 2. The minimum absolute atomic E-state index is 0.219. The van der Waals surface area contributed by atoms with E-state index in [0.717, 1.165) is 6.07 Å². The predicted molar refractivity (Wildman–Crippen MR) is 87.0 cm³/mol. The Morgan fingerprint density at radius 3 is 2.79 bits per heavy atom. The van der Waals surface area contributed by atoms with Crippen molar-refractivity contribution in [1.29, 1.82) is 0 Å². The van der Waals surface area contributed by atoms with Crippen LogP contribution >= 0.6 is 11.6 Å². The van der Waals surface area contributed by atoms with E-state index in [0.29, 0.717) is 16.4 Å². The molecule has 0 aliphatic carbocycles. The fraction of sp³-hybridized carbons (Fsp3) is 0.118. The van der Waals surface area contributed by atoms with Crippen LogP contribution in [-0.4, -0.2) is 16.0 Å². The molecule has 3 aromatic rings. The number of rotatable bonds is 4. The number of aromatic nitrogens is 2. The molecule has 122 valence electrons. The normalized spacial score (nSPS) is 12.0. The molecule has 1 N–H and O–H groups in total. The second kappa shape index (κ2) is 6.80. The Morgan fingerprint density at radius 1 is 1.25 bits per heavy atom.